The first-order valence-corrected chi connectivity index (χ1v) is 12.3. The quantitative estimate of drug-likeness (QED) is 0.335. The molecule has 1 aliphatic rings. The molecule has 1 aliphatic heterocycles. The van der Waals surface area contributed by atoms with Gasteiger partial charge in [-0.25, -0.2) is 0 Å². The molecule has 4 amide bonds. The Morgan fingerprint density at radius 1 is 0.919 bits per heavy atom. The number of anilines is 1. The minimum Gasteiger partial charge on any atom is -0.378 e. The van der Waals surface area contributed by atoms with Gasteiger partial charge in [0.25, 0.3) is 5.91 Å². The Hall–Kier alpha value is -4.01. The maximum absolute atomic E-state index is 13.2. The number of Topliss-reactive ketones (excluding diaryl/α,β-unsaturated/α-hetero) is 1. The molecule has 0 aliphatic carbocycles. The summed E-state index contributed by atoms with van der Waals surface area (Å²) in [7, 11) is 3.82. The van der Waals surface area contributed by atoms with Crippen molar-refractivity contribution in [1.82, 2.24) is 16.0 Å². The molecule has 3 N–H and O–H groups in total. The lowest BCUT2D eigenvalue weighted by atomic mass is 9.85. The molecule has 0 radical (unpaired) electrons. The monoisotopic (exact) mass is 506 g/mol. The number of nitrogens with one attached hydrogen (secondary N) is 3. The summed E-state index contributed by atoms with van der Waals surface area (Å²) in [5, 5.41) is 7.86. The predicted octanol–water partition coefficient (Wildman–Crippen LogP) is 2.23. The molecule has 9 heteroatoms. The summed E-state index contributed by atoms with van der Waals surface area (Å²) in [5.74, 6) is -4.68. The summed E-state index contributed by atoms with van der Waals surface area (Å²) in [4.78, 5) is 65.4. The fourth-order valence-electron chi connectivity index (χ4n) is 4.33. The van der Waals surface area contributed by atoms with E-state index in [1.54, 1.807) is 26.0 Å². The van der Waals surface area contributed by atoms with Crippen LogP contribution < -0.4 is 20.9 Å². The predicted molar refractivity (Wildman–Crippen MR) is 140 cm³/mol. The van der Waals surface area contributed by atoms with E-state index in [1.807, 2.05) is 61.5 Å². The number of carbonyl (C=O) groups is 5. The number of imide groups is 1. The van der Waals surface area contributed by atoms with E-state index in [4.69, 9.17) is 0 Å². The summed E-state index contributed by atoms with van der Waals surface area (Å²) in [5.41, 5.74) is 2.14. The van der Waals surface area contributed by atoms with E-state index in [2.05, 4.69) is 16.0 Å². The van der Waals surface area contributed by atoms with E-state index in [0.29, 0.717) is 5.56 Å². The molecule has 1 saturated heterocycles. The van der Waals surface area contributed by atoms with E-state index in [1.165, 1.54) is 6.92 Å². The normalized spacial score (nSPS) is 18.6. The third-order valence-electron chi connectivity index (χ3n) is 6.58. The van der Waals surface area contributed by atoms with Crippen LogP contribution in [0.1, 0.15) is 49.2 Å². The van der Waals surface area contributed by atoms with Crippen LogP contribution in [0.4, 0.5) is 5.69 Å². The molecule has 4 atom stereocenters. The Labute approximate surface area is 217 Å². The number of carbonyl (C=O) groups excluding carboxylic acids is 5. The lowest BCUT2D eigenvalue weighted by molar-refractivity contribution is -0.137. The van der Waals surface area contributed by atoms with Crippen molar-refractivity contribution in [1.29, 1.82) is 0 Å². The maximum Gasteiger partial charge on any atom is 0.251 e. The molecule has 3 rings (SSSR count). The first kappa shape index (κ1) is 27.6. The van der Waals surface area contributed by atoms with Gasteiger partial charge >= 0.3 is 0 Å². The van der Waals surface area contributed by atoms with E-state index in [-0.39, 0.29) is 18.2 Å². The van der Waals surface area contributed by atoms with Gasteiger partial charge < -0.3 is 15.5 Å². The van der Waals surface area contributed by atoms with E-state index < -0.39 is 47.4 Å². The fourth-order valence-corrected chi connectivity index (χ4v) is 4.33. The van der Waals surface area contributed by atoms with Gasteiger partial charge in [-0.3, -0.25) is 29.3 Å². The van der Waals surface area contributed by atoms with Gasteiger partial charge in [-0.1, -0.05) is 51.1 Å². The van der Waals surface area contributed by atoms with Crippen LogP contribution in [0.5, 0.6) is 0 Å². The number of benzene rings is 2. The summed E-state index contributed by atoms with van der Waals surface area (Å²) >= 11 is 0. The molecule has 0 unspecified atom stereocenters. The van der Waals surface area contributed by atoms with Crippen molar-refractivity contribution < 1.29 is 24.0 Å². The van der Waals surface area contributed by atoms with Gasteiger partial charge in [0.05, 0.1) is 24.4 Å². The van der Waals surface area contributed by atoms with Crippen LogP contribution in [0.25, 0.3) is 0 Å². The molecule has 9 nitrogen and oxygen atoms in total. The Balaban J connectivity index is 1.76. The Bertz CT molecular complexity index is 1160. The largest absolute Gasteiger partial charge is 0.378 e. The van der Waals surface area contributed by atoms with Gasteiger partial charge in [-0.2, -0.15) is 0 Å². The number of ketones is 1. The van der Waals surface area contributed by atoms with Gasteiger partial charge in [0.1, 0.15) is 5.92 Å². The first-order valence-electron chi connectivity index (χ1n) is 12.3. The van der Waals surface area contributed by atoms with Crippen LogP contribution in [0, 0.1) is 17.8 Å². The summed E-state index contributed by atoms with van der Waals surface area (Å²) < 4.78 is 0. The molecule has 1 fully saturated rings. The first-order chi connectivity index (χ1) is 17.5. The Kier molecular flexibility index (Phi) is 8.81. The minimum absolute atomic E-state index is 0.118. The molecule has 2 aromatic carbocycles. The van der Waals surface area contributed by atoms with Crippen molar-refractivity contribution in [3.8, 4) is 0 Å². The summed E-state index contributed by atoms with van der Waals surface area (Å²) in [6.07, 6.45) is -0.118. The van der Waals surface area contributed by atoms with Crippen molar-refractivity contribution >= 4 is 35.1 Å². The molecule has 0 bridgehead atoms. The van der Waals surface area contributed by atoms with Crippen molar-refractivity contribution in [2.75, 3.05) is 19.0 Å². The van der Waals surface area contributed by atoms with Gasteiger partial charge in [0, 0.05) is 25.3 Å². The third kappa shape index (κ3) is 6.61. The van der Waals surface area contributed by atoms with Crippen LogP contribution in [-0.4, -0.2) is 49.5 Å². The number of nitrogens with zero attached hydrogens (tertiary/aromatic N) is 1. The minimum atomic E-state index is -1.14. The van der Waals surface area contributed by atoms with Crippen LogP contribution >= 0.6 is 0 Å². The van der Waals surface area contributed by atoms with Gasteiger partial charge in [0.15, 0.2) is 5.78 Å². The van der Waals surface area contributed by atoms with Crippen molar-refractivity contribution in [3.05, 3.63) is 65.7 Å². The van der Waals surface area contributed by atoms with Crippen LogP contribution in [0.15, 0.2) is 54.6 Å². The molecule has 1 heterocycles. The van der Waals surface area contributed by atoms with Crippen molar-refractivity contribution in [2.24, 2.45) is 17.8 Å². The summed E-state index contributed by atoms with van der Waals surface area (Å²) in [6.45, 7) is 5.04. The Morgan fingerprint density at radius 3 is 2.05 bits per heavy atom. The average Bonchev–Trinajstić information content (AvgIpc) is 3.12. The maximum atomic E-state index is 13.2. The highest BCUT2D eigenvalue weighted by Gasteiger charge is 2.46. The van der Waals surface area contributed by atoms with E-state index in [9.17, 15) is 24.0 Å². The van der Waals surface area contributed by atoms with Gasteiger partial charge in [0.2, 0.25) is 17.7 Å². The summed E-state index contributed by atoms with van der Waals surface area (Å²) in [6, 6.07) is 14.6. The number of hydrogen-bond acceptors (Lipinski definition) is 6. The third-order valence-corrected chi connectivity index (χ3v) is 6.58. The molecular weight excluding hydrogens is 472 g/mol. The number of hydrogen-bond donors (Lipinski definition) is 3. The molecule has 196 valence electrons. The van der Waals surface area contributed by atoms with Gasteiger partial charge in [-0.15, -0.1) is 0 Å². The standard InChI is InChI=1S/C28H34N4O5/c1-16(2)24(25(34)23-17(3)26(35)31-28(23)37)30-22(33)15-21(18-9-7-6-8-10-18)29-27(36)19-11-13-20(14-12-19)32(4)5/h6-14,16-17,21,23-24H,15H2,1-5H3,(H,29,36)(H,30,33)(H,31,35,37)/t17-,21-,23+,24-/m0/s1. The SMILES string of the molecule is CC(C)[C@H](NC(=O)C[C@H](NC(=O)c1ccc(N(C)C)cc1)c1ccccc1)C(=O)[C@@H]1C(=O)NC(=O)[C@H]1C. The molecule has 37 heavy (non-hydrogen) atoms. The van der Waals surface area contributed by atoms with Crippen molar-refractivity contribution in [2.45, 2.75) is 39.3 Å². The highest BCUT2D eigenvalue weighted by Crippen LogP contribution is 2.24. The lowest BCUT2D eigenvalue weighted by Crippen LogP contribution is -2.49. The van der Waals surface area contributed by atoms with Crippen LogP contribution in [0.2, 0.25) is 0 Å². The number of amides is 4. The van der Waals surface area contributed by atoms with Crippen LogP contribution in [0.3, 0.4) is 0 Å². The average molecular weight is 507 g/mol. The zero-order valence-corrected chi connectivity index (χ0v) is 21.8. The van der Waals surface area contributed by atoms with E-state index in [0.717, 1.165) is 11.3 Å². The molecule has 2 aromatic rings. The smallest absolute Gasteiger partial charge is 0.251 e. The highest BCUT2D eigenvalue weighted by atomic mass is 16.2. The lowest BCUT2D eigenvalue weighted by Gasteiger charge is -2.26. The Morgan fingerprint density at radius 2 is 1.54 bits per heavy atom. The molecule has 0 aromatic heterocycles. The zero-order valence-electron chi connectivity index (χ0n) is 21.8. The molecule has 0 saturated carbocycles. The molecular formula is C28H34N4O5. The number of rotatable bonds is 10. The zero-order chi connectivity index (χ0) is 27.3. The van der Waals surface area contributed by atoms with Crippen LogP contribution in [-0.2, 0) is 19.2 Å². The van der Waals surface area contributed by atoms with E-state index >= 15 is 0 Å². The van der Waals surface area contributed by atoms with Gasteiger partial charge in [-0.05, 0) is 35.7 Å². The second-order valence-electron chi connectivity index (χ2n) is 9.89. The second-order valence-corrected chi connectivity index (χ2v) is 9.89. The fraction of sp³-hybridized carbons (Fsp3) is 0.393. The molecule has 0 spiro atoms. The highest BCUT2D eigenvalue weighted by molar-refractivity contribution is 6.16. The topological polar surface area (TPSA) is 125 Å². The van der Waals surface area contributed by atoms with Crippen molar-refractivity contribution in [3.63, 3.8) is 0 Å². The second kappa shape index (κ2) is 11.8.